The highest BCUT2D eigenvalue weighted by Crippen LogP contribution is 2.23. The second-order valence-corrected chi connectivity index (χ2v) is 5.98. The molecule has 0 aliphatic rings. The third-order valence-electron chi connectivity index (χ3n) is 3.74. The summed E-state index contributed by atoms with van der Waals surface area (Å²) in [6.45, 7) is 0.490. The normalized spacial score (nSPS) is 11.2. The number of nitrogens with one attached hydrogen (secondary N) is 1. The molecule has 0 radical (unpaired) electrons. The van der Waals surface area contributed by atoms with Crippen LogP contribution in [0.2, 0.25) is 5.02 Å². The average Bonchev–Trinajstić information content (AvgIpc) is 2.96. The molecular formula is C18H17ClN4O. The minimum Gasteiger partial charge on any atom is -0.384 e. The molecule has 3 aromatic rings. The standard InChI is InChI=1S/C18H17ClN4O/c1-23(18(24)7-3-12-2-6-17(20)22-9-12)11-13-10-21-16-5-4-14(19)8-15(13)16/h2-10,21H,11H2,1H3,(H2,20,22). The van der Waals surface area contributed by atoms with Crippen molar-refractivity contribution in [1.82, 2.24) is 14.9 Å². The molecule has 0 saturated carbocycles. The molecule has 0 fully saturated rings. The zero-order valence-electron chi connectivity index (χ0n) is 13.2. The van der Waals surface area contributed by atoms with Crippen molar-refractivity contribution in [2.75, 3.05) is 12.8 Å². The number of aromatic nitrogens is 2. The molecule has 6 heteroatoms. The Hall–Kier alpha value is -2.79. The zero-order chi connectivity index (χ0) is 17.1. The summed E-state index contributed by atoms with van der Waals surface area (Å²) < 4.78 is 0. The zero-order valence-corrected chi connectivity index (χ0v) is 13.9. The van der Waals surface area contributed by atoms with Crippen molar-refractivity contribution < 1.29 is 4.79 Å². The first-order valence-electron chi connectivity index (χ1n) is 7.43. The van der Waals surface area contributed by atoms with E-state index in [2.05, 4.69) is 9.97 Å². The van der Waals surface area contributed by atoms with Gasteiger partial charge in [-0.15, -0.1) is 0 Å². The van der Waals surface area contributed by atoms with Crippen LogP contribution >= 0.6 is 11.6 Å². The lowest BCUT2D eigenvalue weighted by molar-refractivity contribution is -0.125. The minimum absolute atomic E-state index is 0.0943. The van der Waals surface area contributed by atoms with Gasteiger partial charge >= 0.3 is 0 Å². The van der Waals surface area contributed by atoms with E-state index in [0.29, 0.717) is 17.4 Å². The number of H-pyrrole nitrogens is 1. The SMILES string of the molecule is CN(Cc1c[nH]c2ccc(Cl)cc12)C(=O)C=Cc1ccc(N)nc1. The Bertz CT molecular complexity index is 899. The molecule has 0 aliphatic heterocycles. The van der Waals surface area contributed by atoms with Gasteiger partial charge in [-0.1, -0.05) is 11.6 Å². The first-order valence-corrected chi connectivity index (χ1v) is 7.81. The number of nitrogens with two attached hydrogens (primary N) is 1. The van der Waals surface area contributed by atoms with E-state index in [1.54, 1.807) is 30.3 Å². The highest BCUT2D eigenvalue weighted by atomic mass is 35.5. The minimum atomic E-state index is -0.0943. The number of anilines is 1. The summed E-state index contributed by atoms with van der Waals surface area (Å²) in [5, 5.41) is 1.70. The van der Waals surface area contributed by atoms with Crippen molar-refractivity contribution in [1.29, 1.82) is 0 Å². The lowest BCUT2D eigenvalue weighted by Gasteiger charge is -2.14. The predicted molar refractivity (Wildman–Crippen MR) is 97.5 cm³/mol. The Balaban J connectivity index is 1.71. The first kappa shape index (κ1) is 16.1. The van der Waals surface area contributed by atoms with Crippen molar-refractivity contribution in [2.24, 2.45) is 0 Å². The molecule has 0 aliphatic carbocycles. The van der Waals surface area contributed by atoms with E-state index in [1.165, 1.54) is 6.08 Å². The van der Waals surface area contributed by atoms with E-state index < -0.39 is 0 Å². The van der Waals surface area contributed by atoms with Gasteiger partial charge in [-0.3, -0.25) is 4.79 Å². The van der Waals surface area contributed by atoms with Gasteiger partial charge in [0.25, 0.3) is 0 Å². The van der Waals surface area contributed by atoms with Gasteiger partial charge in [0.05, 0.1) is 0 Å². The van der Waals surface area contributed by atoms with E-state index >= 15 is 0 Å². The molecule has 1 amide bonds. The van der Waals surface area contributed by atoms with Gasteiger partial charge in [0.15, 0.2) is 0 Å². The topological polar surface area (TPSA) is 75.0 Å². The summed E-state index contributed by atoms with van der Waals surface area (Å²) in [6, 6.07) is 9.17. The van der Waals surface area contributed by atoms with Crippen LogP contribution in [0.1, 0.15) is 11.1 Å². The summed E-state index contributed by atoms with van der Waals surface area (Å²) in [6.07, 6.45) is 6.77. The monoisotopic (exact) mass is 340 g/mol. The molecular weight excluding hydrogens is 324 g/mol. The number of aromatic amines is 1. The summed E-state index contributed by atoms with van der Waals surface area (Å²) in [5.74, 6) is 0.358. The van der Waals surface area contributed by atoms with Crippen molar-refractivity contribution in [3.8, 4) is 0 Å². The molecule has 1 aromatic carbocycles. The van der Waals surface area contributed by atoms with Crippen LogP contribution in [-0.2, 0) is 11.3 Å². The summed E-state index contributed by atoms with van der Waals surface area (Å²) in [5.41, 5.74) is 8.38. The van der Waals surface area contributed by atoms with Crippen molar-refractivity contribution in [2.45, 2.75) is 6.54 Å². The van der Waals surface area contributed by atoms with Gasteiger partial charge in [0.1, 0.15) is 5.82 Å². The largest absolute Gasteiger partial charge is 0.384 e. The Morgan fingerprint density at radius 2 is 2.21 bits per heavy atom. The van der Waals surface area contributed by atoms with Crippen LogP contribution in [-0.4, -0.2) is 27.8 Å². The molecule has 3 rings (SSSR count). The lowest BCUT2D eigenvalue weighted by atomic mass is 10.1. The Morgan fingerprint density at radius 3 is 2.96 bits per heavy atom. The summed E-state index contributed by atoms with van der Waals surface area (Å²) in [7, 11) is 1.76. The number of halogens is 1. The molecule has 0 unspecified atom stereocenters. The van der Waals surface area contributed by atoms with Gasteiger partial charge in [-0.2, -0.15) is 0 Å². The van der Waals surface area contributed by atoms with Crippen molar-refractivity contribution in [3.63, 3.8) is 0 Å². The number of nitrogens with zero attached hydrogens (tertiary/aromatic N) is 2. The van der Waals surface area contributed by atoms with Crippen LogP contribution in [0.4, 0.5) is 5.82 Å². The number of rotatable bonds is 4. The van der Waals surface area contributed by atoms with Crippen molar-refractivity contribution >= 4 is 40.3 Å². The van der Waals surface area contributed by atoms with Crippen LogP contribution in [0.15, 0.2) is 48.8 Å². The quantitative estimate of drug-likeness (QED) is 0.714. The number of hydrogen-bond donors (Lipinski definition) is 2. The second kappa shape index (κ2) is 6.76. The first-order chi connectivity index (χ1) is 11.5. The van der Waals surface area contributed by atoms with Crippen LogP contribution in [0.3, 0.4) is 0 Å². The fraction of sp³-hybridized carbons (Fsp3) is 0.111. The van der Waals surface area contributed by atoms with E-state index in [4.69, 9.17) is 17.3 Å². The van der Waals surface area contributed by atoms with E-state index in [-0.39, 0.29) is 5.91 Å². The molecule has 0 saturated heterocycles. The molecule has 0 atom stereocenters. The van der Waals surface area contributed by atoms with E-state index in [1.807, 2.05) is 30.5 Å². The number of nitrogen functional groups attached to an aromatic ring is 1. The molecule has 0 bridgehead atoms. The number of carbonyl (C=O) groups excluding carboxylic acids is 1. The van der Waals surface area contributed by atoms with Gasteiger partial charge in [0.2, 0.25) is 5.91 Å². The van der Waals surface area contributed by atoms with E-state index in [9.17, 15) is 4.79 Å². The van der Waals surface area contributed by atoms with Gasteiger partial charge in [-0.05, 0) is 47.5 Å². The maximum absolute atomic E-state index is 12.3. The maximum Gasteiger partial charge on any atom is 0.246 e. The third-order valence-corrected chi connectivity index (χ3v) is 3.98. The smallest absolute Gasteiger partial charge is 0.246 e. The molecule has 2 aromatic heterocycles. The number of benzene rings is 1. The molecule has 2 heterocycles. The lowest BCUT2D eigenvalue weighted by Crippen LogP contribution is -2.23. The number of pyridine rings is 1. The fourth-order valence-corrected chi connectivity index (χ4v) is 2.60. The maximum atomic E-state index is 12.3. The van der Waals surface area contributed by atoms with Crippen LogP contribution in [0.5, 0.6) is 0 Å². The third kappa shape index (κ3) is 3.58. The number of likely N-dealkylation sites (N-methyl/N-ethyl adjacent to an activating group) is 1. The van der Waals surface area contributed by atoms with E-state index in [0.717, 1.165) is 22.0 Å². The number of fused-ring (bicyclic) bond motifs is 1. The van der Waals surface area contributed by atoms with Crippen LogP contribution < -0.4 is 5.73 Å². The van der Waals surface area contributed by atoms with Gasteiger partial charge in [0, 0.05) is 48.0 Å². The fourth-order valence-electron chi connectivity index (χ4n) is 2.42. The molecule has 24 heavy (non-hydrogen) atoms. The second-order valence-electron chi connectivity index (χ2n) is 5.55. The molecule has 0 spiro atoms. The number of carbonyl (C=O) groups is 1. The highest BCUT2D eigenvalue weighted by Gasteiger charge is 2.10. The van der Waals surface area contributed by atoms with Crippen LogP contribution in [0, 0.1) is 0 Å². The molecule has 3 N–H and O–H groups in total. The summed E-state index contributed by atoms with van der Waals surface area (Å²) in [4.78, 5) is 21.1. The van der Waals surface area contributed by atoms with Crippen LogP contribution in [0.25, 0.3) is 17.0 Å². The highest BCUT2D eigenvalue weighted by molar-refractivity contribution is 6.31. The Kier molecular flexibility index (Phi) is 4.53. The molecule has 122 valence electrons. The van der Waals surface area contributed by atoms with Gasteiger partial charge < -0.3 is 15.6 Å². The predicted octanol–water partition coefficient (Wildman–Crippen LogP) is 3.47. The Morgan fingerprint density at radius 1 is 1.38 bits per heavy atom. The van der Waals surface area contributed by atoms with Crippen molar-refractivity contribution in [3.05, 3.63) is 65.0 Å². The summed E-state index contributed by atoms with van der Waals surface area (Å²) >= 11 is 6.05. The Labute approximate surface area is 144 Å². The number of hydrogen-bond acceptors (Lipinski definition) is 3. The number of amides is 1. The molecule has 5 nitrogen and oxygen atoms in total. The van der Waals surface area contributed by atoms with Gasteiger partial charge in [-0.25, -0.2) is 4.98 Å². The average molecular weight is 341 g/mol.